The minimum Gasteiger partial charge on any atom is -0.371 e. The molecule has 1 N–H and O–H groups in total. The van der Waals surface area contributed by atoms with Crippen LogP contribution in [0.25, 0.3) is 0 Å². The van der Waals surface area contributed by atoms with E-state index in [0.29, 0.717) is 23.7 Å². The van der Waals surface area contributed by atoms with Gasteiger partial charge in [-0.05, 0) is 105 Å². The molecule has 31 heavy (non-hydrogen) atoms. The normalized spacial score (nSPS) is 33.2. The predicted octanol–water partition coefficient (Wildman–Crippen LogP) is 5.64. The summed E-state index contributed by atoms with van der Waals surface area (Å²) in [6, 6.07) is 5.88. The zero-order valence-corrected chi connectivity index (χ0v) is 20.0. The van der Waals surface area contributed by atoms with Gasteiger partial charge in [0, 0.05) is 36.7 Å². The van der Waals surface area contributed by atoms with E-state index in [1.807, 2.05) is 0 Å². The molecule has 4 atom stereocenters. The van der Waals surface area contributed by atoms with Crippen LogP contribution in [0.5, 0.6) is 0 Å². The number of nitrogens with one attached hydrogen (secondary N) is 1. The fourth-order valence-electron chi connectivity index (χ4n) is 7.68. The Balaban J connectivity index is 1.37. The van der Waals surface area contributed by atoms with E-state index in [1.165, 1.54) is 57.3 Å². The molecule has 0 radical (unpaired) electrons. The molecule has 2 saturated carbocycles. The number of ketones is 1. The first-order chi connectivity index (χ1) is 15.0. The van der Waals surface area contributed by atoms with Gasteiger partial charge in [0.05, 0.1) is 0 Å². The third-order valence-corrected chi connectivity index (χ3v) is 9.53. The fourth-order valence-corrected chi connectivity index (χ4v) is 7.68. The molecule has 0 aromatic heterocycles. The molecule has 0 spiro atoms. The fraction of sp³-hybridized carbons (Fsp3) is 0.750. The molecule has 1 aromatic rings. The molecule has 0 amide bonds. The lowest BCUT2D eigenvalue weighted by Gasteiger charge is -2.48. The second-order valence-corrected chi connectivity index (χ2v) is 11.1. The number of carbonyl (C=O) groups is 1. The molecular formula is C28H42N2O. The molecule has 4 unspecified atom stereocenters. The van der Waals surface area contributed by atoms with Crippen molar-refractivity contribution in [2.24, 2.45) is 17.3 Å². The highest BCUT2D eigenvalue weighted by molar-refractivity contribution is 5.87. The summed E-state index contributed by atoms with van der Waals surface area (Å²) in [6.07, 6.45) is 11.7. The Bertz CT molecular complexity index is 825. The van der Waals surface area contributed by atoms with Crippen LogP contribution in [0.1, 0.15) is 94.7 Å². The molecule has 1 saturated heterocycles. The van der Waals surface area contributed by atoms with Crippen LogP contribution in [0.15, 0.2) is 12.1 Å². The summed E-state index contributed by atoms with van der Waals surface area (Å²) in [5.74, 6) is 2.61. The predicted molar refractivity (Wildman–Crippen MR) is 129 cm³/mol. The van der Waals surface area contributed by atoms with Gasteiger partial charge >= 0.3 is 0 Å². The number of anilines is 1. The lowest BCUT2D eigenvalue weighted by atomic mass is 9.55. The second kappa shape index (κ2) is 8.54. The van der Waals surface area contributed by atoms with E-state index in [2.05, 4.69) is 43.1 Å². The lowest BCUT2D eigenvalue weighted by molar-refractivity contribution is -0.129. The Hall–Kier alpha value is -1.35. The van der Waals surface area contributed by atoms with Crippen molar-refractivity contribution in [3.63, 3.8) is 0 Å². The molecule has 1 heterocycles. The number of Topliss-reactive ketones (excluding diaryl/α,β-unsaturated/α-hetero) is 1. The van der Waals surface area contributed by atoms with Crippen LogP contribution in [-0.4, -0.2) is 31.5 Å². The molecule has 3 heteroatoms. The van der Waals surface area contributed by atoms with Gasteiger partial charge in [-0.2, -0.15) is 0 Å². The first-order valence-electron chi connectivity index (χ1n) is 13.2. The summed E-state index contributed by atoms with van der Waals surface area (Å²) < 4.78 is 0. The Morgan fingerprint density at radius 3 is 2.61 bits per heavy atom. The van der Waals surface area contributed by atoms with Gasteiger partial charge in [0.25, 0.3) is 0 Å². The summed E-state index contributed by atoms with van der Waals surface area (Å²) in [5.41, 5.74) is 6.33. The Morgan fingerprint density at radius 1 is 1.06 bits per heavy atom. The van der Waals surface area contributed by atoms with Crippen molar-refractivity contribution >= 4 is 11.5 Å². The third kappa shape index (κ3) is 3.65. The number of carbonyl (C=O) groups excluding carboxylic acids is 1. The zero-order chi connectivity index (χ0) is 21.6. The van der Waals surface area contributed by atoms with Crippen molar-refractivity contribution in [2.45, 2.75) is 96.9 Å². The Morgan fingerprint density at radius 2 is 1.87 bits per heavy atom. The summed E-state index contributed by atoms with van der Waals surface area (Å²) in [7, 11) is 0. The number of hydrogen-bond acceptors (Lipinski definition) is 3. The first-order valence-corrected chi connectivity index (χ1v) is 13.2. The van der Waals surface area contributed by atoms with E-state index >= 15 is 0 Å². The van der Waals surface area contributed by atoms with E-state index in [9.17, 15) is 4.79 Å². The summed E-state index contributed by atoms with van der Waals surface area (Å²) in [4.78, 5) is 15.3. The van der Waals surface area contributed by atoms with Gasteiger partial charge in [-0.3, -0.25) is 4.79 Å². The van der Waals surface area contributed by atoms with Gasteiger partial charge in [-0.25, -0.2) is 0 Å². The maximum absolute atomic E-state index is 12.6. The van der Waals surface area contributed by atoms with Gasteiger partial charge in [0.2, 0.25) is 0 Å². The summed E-state index contributed by atoms with van der Waals surface area (Å²) >= 11 is 0. The van der Waals surface area contributed by atoms with Crippen LogP contribution in [0.2, 0.25) is 0 Å². The largest absolute Gasteiger partial charge is 0.371 e. The monoisotopic (exact) mass is 422 g/mol. The number of hydrogen-bond donors (Lipinski definition) is 1. The highest BCUT2D eigenvalue weighted by atomic mass is 16.1. The van der Waals surface area contributed by atoms with Crippen LogP contribution in [0, 0.1) is 17.3 Å². The van der Waals surface area contributed by atoms with E-state index < -0.39 is 0 Å². The molecule has 3 aliphatic carbocycles. The van der Waals surface area contributed by atoms with Crippen LogP contribution >= 0.6 is 0 Å². The van der Waals surface area contributed by atoms with Gasteiger partial charge in [0.1, 0.15) is 5.78 Å². The average Bonchev–Trinajstić information content (AvgIpc) is 3.11. The minimum absolute atomic E-state index is 0.0116. The molecule has 4 aliphatic rings. The molecule has 1 aromatic carbocycles. The van der Waals surface area contributed by atoms with Crippen LogP contribution in [0.3, 0.4) is 0 Å². The lowest BCUT2D eigenvalue weighted by Crippen LogP contribution is -2.43. The van der Waals surface area contributed by atoms with Crippen molar-refractivity contribution in [1.29, 1.82) is 0 Å². The maximum Gasteiger partial charge on any atom is 0.139 e. The minimum atomic E-state index is -0.0116. The van der Waals surface area contributed by atoms with Crippen molar-refractivity contribution in [2.75, 3.05) is 24.5 Å². The second-order valence-electron chi connectivity index (χ2n) is 11.1. The Kier molecular flexibility index (Phi) is 5.92. The summed E-state index contributed by atoms with van der Waals surface area (Å²) in [5, 5.41) is 3.73. The van der Waals surface area contributed by atoms with Gasteiger partial charge in [0.15, 0.2) is 0 Å². The SMILES string of the molecule is CCCNC1CCN(c2cc3c(cc2CC)C2CCC4(C)C(=O)CCC4C2CC3)CC1. The molecule has 170 valence electrons. The number of piperidine rings is 1. The van der Waals surface area contributed by atoms with Crippen molar-refractivity contribution in [3.05, 3.63) is 28.8 Å². The maximum atomic E-state index is 12.6. The molecular weight excluding hydrogens is 380 g/mol. The zero-order valence-electron chi connectivity index (χ0n) is 20.0. The number of aryl methyl sites for hydroxylation is 2. The highest BCUT2D eigenvalue weighted by Gasteiger charge is 2.54. The first kappa shape index (κ1) is 21.5. The highest BCUT2D eigenvalue weighted by Crippen LogP contribution is 2.59. The van der Waals surface area contributed by atoms with Crippen molar-refractivity contribution in [3.8, 4) is 0 Å². The molecule has 3 fully saturated rings. The molecule has 1 aliphatic heterocycles. The topological polar surface area (TPSA) is 32.3 Å². The van der Waals surface area contributed by atoms with E-state index in [4.69, 9.17) is 0 Å². The van der Waals surface area contributed by atoms with E-state index in [-0.39, 0.29) is 5.41 Å². The molecule has 0 bridgehead atoms. The standard InChI is InChI=1S/C28H42N2O/c1-4-14-29-21-11-15-30(16-12-21)26-18-20-6-7-23-22(24(20)17-19(26)5-2)10-13-28(3)25(23)8-9-27(28)31/h17-18,21-23,25,29H,4-16H2,1-3H3. The van der Waals surface area contributed by atoms with Crippen LogP contribution in [-0.2, 0) is 17.6 Å². The smallest absolute Gasteiger partial charge is 0.139 e. The van der Waals surface area contributed by atoms with E-state index in [0.717, 1.165) is 38.1 Å². The molecule has 5 rings (SSSR count). The van der Waals surface area contributed by atoms with Gasteiger partial charge in [-0.1, -0.05) is 26.8 Å². The number of nitrogens with zero attached hydrogens (tertiary/aromatic N) is 1. The third-order valence-electron chi connectivity index (χ3n) is 9.53. The van der Waals surface area contributed by atoms with Crippen LogP contribution < -0.4 is 10.2 Å². The van der Waals surface area contributed by atoms with E-state index in [1.54, 1.807) is 16.7 Å². The quantitative estimate of drug-likeness (QED) is 0.666. The van der Waals surface area contributed by atoms with Crippen molar-refractivity contribution < 1.29 is 4.79 Å². The van der Waals surface area contributed by atoms with Crippen LogP contribution in [0.4, 0.5) is 5.69 Å². The summed E-state index contributed by atoms with van der Waals surface area (Å²) in [6.45, 7) is 10.4. The Labute approximate surface area is 189 Å². The number of rotatable bonds is 5. The van der Waals surface area contributed by atoms with Gasteiger partial charge < -0.3 is 10.2 Å². The average molecular weight is 423 g/mol. The molecule has 3 nitrogen and oxygen atoms in total. The number of benzene rings is 1. The van der Waals surface area contributed by atoms with Gasteiger partial charge in [-0.15, -0.1) is 0 Å². The number of fused-ring (bicyclic) bond motifs is 5. The van der Waals surface area contributed by atoms with Crippen molar-refractivity contribution in [1.82, 2.24) is 5.32 Å².